The number of likely N-dealkylation sites (tertiary alicyclic amines) is 1. The number of nitrogens with zero attached hydrogens (tertiary/aromatic N) is 5. The average Bonchev–Trinajstić information content (AvgIpc) is 3.35. The third kappa shape index (κ3) is 5.11. The van der Waals surface area contributed by atoms with E-state index in [1.54, 1.807) is 24.9 Å². The second-order valence-electron chi connectivity index (χ2n) is 10.8. The molecular weight excluding hydrogens is 458 g/mol. The number of carbonyl (C=O) groups excluding carboxylic acids is 1. The van der Waals surface area contributed by atoms with Gasteiger partial charge in [0.05, 0.1) is 11.2 Å². The van der Waals surface area contributed by atoms with Crippen molar-refractivity contribution in [2.75, 3.05) is 63.9 Å². The van der Waals surface area contributed by atoms with Gasteiger partial charge in [-0.15, -0.1) is 0 Å². The summed E-state index contributed by atoms with van der Waals surface area (Å²) >= 11 is 0. The van der Waals surface area contributed by atoms with Crippen LogP contribution >= 0.6 is 0 Å². The van der Waals surface area contributed by atoms with Crippen LogP contribution in [0.3, 0.4) is 0 Å². The summed E-state index contributed by atoms with van der Waals surface area (Å²) in [5.41, 5.74) is 11.2. The summed E-state index contributed by atoms with van der Waals surface area (Å²) in [6, 6.07) is 9.35. The predicted molar refractivity (Wildman–Crippen MR) is 138 cm³/mol. The molecular formula is C26H37N7O3. The van der Waals surface area contributed by atoms with Crippen molar-refractivity contribution in [2.45, 2.75) is 19.4 Å². The quantitative estimate of drug-likeness (QED) is 0.530. The van der Waals surface area contributed by atoms with Crippen LogP contribution in [0.5, 0.6) is 5.75 Å². The van der Waals surface area contributed by atoms with Crippen molar-refractivity contribution >= 4 is 11.7 Å². The maximum absolute atomic E-state index is 12.8. The van der Waals surface area contributed by atoms with Gasteiger partial charge in [-0.25, -0.2) is 4.79 Å². The minimum atomic E-state index is -0.885. The largest absolute Gasteiger partial charge is 0.492 e. The average molecular weight is 496 g/mol. The minimum Gasteiger partial charge on any atom is -0.492 e. The molecule has 10 nitrogen and oxygen atoms in total. The van der Waals surface area contributed by atoms with E-state index in [9.17, 15) is 9.59 Å². The number of hydrogen-bond acceptors (Lipinski definition) is 8. The van der Waals surface area contributed by atoms with Gasteiger partial charge in [-0.2, -0.15) is 4.98 Å². The topological polar surface area (TPSA) is 123 Å². The Labute approximate surface area is 211 Å². The van der Waals surface area contributed by atoms with Crippen LogP contribution in [-0.4, -0.2) is 89.8 Å². The summed E-state index contributed by atoms with van der Waals surface area (Å²) in [4.78, 5) is 35.7. The highest BCUT2D eigenvalue weighted by Crippen LogP contribution is 2.50. The predicted octanol–water partition coefficient (Wildman–Crippen LogP) is 0.134. The summed E-state index contributed by atoms with van der Waals surface area (Å²) in [7, 11) is 0. The van der Waals surface area contributed by atoms with Gasteiger partial charge in [-0.05, 0) is 68.5 Å². The number of anilines is 1. The molecule has 1 aromatic heterocycles. The molecule has 2 saturated heterocycles. The van der Waals surface area contributed by atoms with Crippen LogP contribution in [-0.2, 0) is 4.79 Å². The van der Waals surface area contributed by atoms with Crippen molar-refractivity contribution in [1.29, 1.82) is 0 Å². The van der Waals surface area contributed by atoms with Gasteiger partial charge in [0.25, 0.3) is 0 Å². The van der Waals surface area contributed by atoms with Crippen LogP contribution in [0.25, 0.3) is 5.69 Å². The van der Waals surface area contributed by atoms with Crippen LogP contribution in [0, 0.1) is 17.8 Å². The minimum absolute atomic E-state index is 0.0638. The molecule has 4 N–H and O–H groups in total. The van der Waals surface area contributed by atoms with Crippen molar-refractivity contribution in [3.63, 3.8) is 0 Å². The Morgan fingerprint density at radius 1 is 1.08 bits per heavy atom. The highest BCUT2D eigenvalue weighted by atomic mass is 16.5. The summed E-state index contributed by atoms with van der Waals surface area (Å²) in [5, 5.41) is 0. The highest BCUT2D eigenvalue weighted by molar-refractivity contribution is 5.85. The van der Waals surface area contributed by atoms with Crippen molar-refractivity contribution in [3.8, 4) is 11.4 Å². The van der Waals surface area contributed by atoms with E-state index in [1.165, 1.54) is 4.57 Å². The fourth-order valence-electron chi connectivity index (χ4n) is 5.58. The van der Waals surface area contributed by atoms with Gasteiger partial charge in [0.15, 0.2) is 0 Å². The Morgan fingerprint density at radius 2 is 1.75 bits per heavy atom. The second-order valence-corrected chi connectivity index (χ2v) is 10.8. The van der Waals surface area contributed by atoms with E-state index in [0.29, 0.717) is 38.6 Å². The Hall–Kier alpha value is -2.95. The van der Waals surface area contributed by atoms with Crippen LogP contribution in [0.4, 0.5) is 5.82 Å². The number of carbonyl (C=O) groups is 1. The Balaban J connectivity index is 1.12. The Bertz CT molecular complexity index is 1120. The molecule has 3 heterocycles. The molecule has 2 aromatic rings. The zero-order chi connectivity index (χ0) is 25.4. The van der Waals surface area contributed by atoms with Crippen molar-refractivity contribution in [1.82, 2.24) is 19.4 Å². The molecule has 2 atom stereocenters. The Kier molecular flexibility index (Phi) is 6.76. The first-order chi connectivity index (χ1) is 17.2. The van der Waals surface area contributed by atoms with Crippen LogP contribution < -0.4 is 26.8 Å². The lowest BCUT2D eigenvalue weighted by Gasteiger charge is -2.37. The molecule has 2 unspecified atom stereocenters. The normalized spacial score (nSPS) is 24.1. The first-order valence-corrected chi connectivity index (χ1v) is 12.8. The lowest BCUT2D eigenvalue weighted by atomic mass is 10.0. The molecule has 10 heteroatoms. The monoisotopic (exact) mass is 495 g/mol. The fourth-order valence-corrected chi connectivity index (χ4v) is 5.58. The third-order valence-electron chi connectivity index (χ3n) is 7.74. The number of rotatable bonds is 8. The second kappa shape index (κ2) is 9.84. The molecule has 1 aliphatic carbocycles. The molecule has 1 aromatic carbocycles. The number of piperidine rings is 1. The summed E-state index contributed by atoms with van der Waals surface area (Å²) in [6.07, 6.45) is 1.74. The van der Waals surface area contributed by atoms with E-state index in [0.717, 1.165) is 55.4 Å². The molecule has 3 aliphatic rings. The van der Waals surface area contributed by atoms with E-state index in [2.05, 4.69) is 9.88 Å². The number of hydrogen-bond donors (Lipinski definition) is 2. The first-order valence-electron chi connectivity index (χ1n) is 12.8. The molecule has 0 spiro atoms. The molecule has 1 amide bonds. The van der Waals surface area contributed by atoms with Gasteiger partial charge in [0, 0.05) is 52.0 Å². The summed E-state index contributed by atoms with van der Waals surface area (Å²) in [6.45, 7) is 10.4. The van der Waals surface area contributed by atoms with E-state index in [4.69, 9.17) is 16.2 Å². The van der Waals surface area contributed by atoms with Gasteiger partial charge in [0.1, 0.15) is 18.2 Å². The number of benzene rings is 1. The molecule has 5 rings (SSSR count). The van der Waals surface area contributed by atoms with Crippen molar-refractivity contribution in [2.24, 2.45) is 29.2 Å². The number of fused-ring (bicyclic) bond motifs is 1. The SMILES string of the molecule is CC(C)(N)C(=O)N1CCN(c2ccn(-c3ccc(OCCN4CC5C(CN)C5C4)cc3)c(=O)n2)CC1. The van der Waals surface area contributed by atoms with Crippen LogP contribution in [0.2, 0.25) is 0 Å². The maximum Gasteiger partial charge on any atom is 0.354 e. The van der Waals surface area contributed by atoms with E-state index < -0.39 is 5.54 Å². The Morgan fingerprint density at radius 3 is 2.33 bits per heavy atom. The number of piperazine rings is 1. The molecule has 36 heavy (non-hydrogen) atoms. The smallest absolute Gasteiger partial charge is 0.354 e. The van der Waals surface area contributed by atoms with E-state index >= 15 is 0 Å². The molecule has 194 valence electrons. The number of amides is 1. The zero-order valence-electron chi connectivity index (χ0n) is 21.2. The fraction of sp³-hybridized carbons (Fsp3) is 0.577. The first kappa shape index (κ1) is 24.7. The lowest BCUT2D eigenvalue weighted by molar-refractivity contribution is -0.136. The van der Waals surface area contributed by atoms with E-state index in [-0.39, 0.29) is 11.6 Å². The number of nitrogens with two attached hydrogens (primary N) is 2. The van der Waals surface area contributed by atoms with Crippen LogP contribution in [0.1, 0.15) is 13.8 Å². The highest BCUT2D eigenvalue weighted by Gasteiger charge is 2.54. The third-order valence-corrected chi connectivity index (χ3v) is 7.74. The molecule has 0 bridgehead atoms. The molecule has 3 fully saturated rings. The van der Waals surface area contributed by atoms with Crippen molar-refractivity contribution in [3.05, 3.63) is 47.0 Å². The van der Waals surface area contributed by atoms with Gasteiger partial charge in [-0.3, -0.25) is 14.3 Å². The maximum atomic E-state index is 12.8. The molecule has 1 saturated carbocycles. The van der Waals surface area contributed by atoms with Crippen LogP contribution in [0.15, 0.2) is 41.3 Å². The van der Waals surface area contributed by atoms with Crippen molar-refractivity contribution < 1.29 is 9.53 Å². The molecule has 0 radical (unpaired) electrons. The summed E-state index contributed by atoms with van der Waals surface area (Å²) < 4.78 is 7.45. The molecule has 2 aliphatic heterocycles. The lowest BCUT2D eigenvalue weighted by Crippen LogP contribution is -2.57. The van der Waals surface area contributed by atoms with Gasteiger partial charge >= 0.3 is 5.69 Å². The zero-order valence-corrected chi connectivity index (χ0v) is 21.2. The van der Waals surface area contributed by atoms with Gasteiger partial charge < -0.3 is 26.0 Å². The summed E-state index contributed by atoms with van der Waals surface area (Å²) in [5.74, 6) is 3.67. The number of ether oxygens (including phenoxy) is 1. The van der Waals surface area contributed by atoms with Gasteiger partial charge in [0.2, 0.25) is 5.91 Å². The standard InChI is InChI=1S/C26H37N7O3/c1-26(2,28)24(34)32-11-9-31(10-12-32)23-7-8-33(25(35)29-23)18-3-5-19(6-4-18)36-14-13-30-16-21-20(15-27)22(21)17-30/h3-8,20-22H,9-17,27-28H2,1-2H3. The van der Waals surface area contributed by atoms with E-state index in [1.807, 2.05) is 35.2 Å². The van der Waals surface area contributed by atoms with Gasteiger partial charge in [-0.1, -0.05) is 0 Å². The number of aromatic nitrogens is 2.